The Morgan fingerprint density at radius 3 is 2.16 bits per heavy atom. The third kappa shape index (κ3) is 3.05. The number of nitrogens with zero attached hydrogens (tertiary/aromatic N) is 2. The van der Waals surface area contributed by atoms with E-state index in [9.17, 15) is 13.2 Å². The molecule has 1 aromatic heterocycles. The maximum absolute atomic E-state index is 12.5. The highest BCUT2D eigenvalue weighted by atomic mass is 19.4. The first kappa shape index (κ1) is 13.4. The van der Waals surface area contributed by atoms with E-state index in [0.29, 0.717) is 11.5 Å². The second kappa shape index (κ2) is 4.91. The predicted molar refractivity (Wildman–Crippen MR) is 68.5 cm³/mol. The standard InChI is InChI=1S/C14H13F3N2/c1-10-4-3-5-13(18-10)19(2)12-8-6-11(7-9-12)14(15,16)17/h3-9H,1-2H3. The van der Waals surface area contributed by atoms with Gasteiger partial charge in [-0.25, -0.2) is 4.98 Å². The lowest BCUT2D eigenvalue weighted by Gasteiger charge is -2.19. The molecule has 5 heteroatoms. The molecule has 0 fully saturated rings. The van der Waals surface area contributed by atoms with Gasteiger partial charge in [0.2, 0.25) is 0 Å². The number of hydrogen-bond acceptors (Lipinski definition) is 2. The molecule has 0 N–H and O–H groups in total. The normalized spacial score (nSPS) is 11.4. The lowest BCUT2D eigenvalue weighted by atomic mass is 10.2. The van der Waals surface area contributed by atoms with Crippen molar-refractivity contribution in [3.63, 3.8) is 0 Å². The van der Waals surface area contributed by atoms with E-state index in [2.05, 4.69) is 4.98 Å². The number of aromatic nitrogens is 1. The molecule has 0 unspecified atom stereocenters. The third-order valence-corrected chi connectivity index (χ3v) is 2.80. The zero-order valence-electron chi connectivity index (χ0n) is 10.6. The van der Waals surface area contributed by atoms with E-state index < -0.39 is 11.7 Å². The summed E-state index contributed by atoms with van der Waals surface area (Å²) in [7, 11) is 1.77. The highest BCUT2D eigenvalue weighted by molar-refractivity contribution is 5.59. The van der Waals surface area contributed by atoms with Crippen LogP contribution in [0.2, 0.25) is 0 Å². The summed E-state index contributed by atoms with van der Waals surface area (Å²) < 4.78 is 37.4. The minimum atomic E-state index is -4.31. The fraction of sp³-hybridized carbons (Fsp3) is 0.214. The van der Waals surface area contributed by atoms with Crippen LogP contribution in [0.25, 0.3) is 0 Å². The maximum Gasteiger partial charge on any atom is 0.416 e. The van der Waals surface area contributed by atoms with Gasteiger partial charge < -0.3 is 4.90 Å². The van der Waals surface area contributed by atoms with Gasteiger partial charge in [0, 0.05) is 18.4 Å². The van der Waals surface area contributed by atoms with Gasteiger partial charge in [0.05, 0.1) is 5.56 Å². The summed E-state index contributed by atoms with van der Waals surface area (Å²) in [4.78, 5) is 6.07. The molecule has 0 radical (unpaired) electrons. The molecule has 1 aromatic carbocycles. The van der Waals surface area contributed by atoms with Crippen molar-refractivity contribution < 1.29 is 13.2 Å². The van der Waals surface area contributed by atoms with Gasteiger partial charge in [0.15, 0.2) is 0 Å². The van der Waals surface area contributed by atoms with Crippen LogP contribution in [0.3, 0.4) is 0 Å². The van der Waals surface area contributed by atoms with Crippen LogP contribution in [0.1, 0.15) is 11.3 Å². The lowest BCUT2D eigenvalue weighted by molar-refractivity contribution is -0.137. The van der Waals surface area contributed by atoms with Crippen molar-refractivity contribution >= 4 is 11.5 Å². The van der Waals surface area contributed by atoms with Crippen molar-refractivity contribution in [2.45, 2.75) is 13.1 Å². The molecular formula is C14H13F3N2. The van der Waals surface area contributed by atoms with Crippen LogP contribution in [-0.2, 0) is 6.18 Å². The Kier molecular flexibility index (Phi) is 3.46. The van der Waals surface area contributed by atoms with Gasteiger partial charge in [0.1, 0.15) is 5.82 Å². The van der Waals surface area contributed by atoms with E-state index in [1.807, 2.05) is 25.1 Å². The smallest absolute Gasteiger partial charge is 0.329 e. The number of alkyl halides is 3. The number of hydrogen-bond donors (Lipinski definition) is 0. The summed E-state index contributed by atoms with van der Waals surface area (Å²) in [6.45, 7) is 1.87. The average Bonchev–Trinajstić information content (AvgIpc) is 2.37. The van der Waals surface area contributed by atoms with Crippen LogP contribution in [0.15, 0.2) is 42.5 Å². The van der Waals surface area contributed by atoms with Crippen LogP contribution in [0, 0.1) is 6.92 Å². The Balaban J connectivity index is 2.27. The van der Waals surface area contributed by atoms with Gasteiger partial charge in [-0.2, -0.15) is 13.2 Å². The number of rotatable bonds is 2. The lowest BCUT2D eigenvalue weighted by Crippen LogP contribution is -2.12. The summed E-state index contributed by atoms with van der Waals surface area (Å²) in [5, 5.41) is 0. The van der Waals surface area contributed by atoms with Crippen LogP contribution in [0.5, 0.6) is 0 Å². The Morgan fingerprint density at radius 1 is 1.00 bits per heavy atom. The second-order valence-electron chi connectivity index (χ2n) is 4.24. The average molecular weight is 266 g/mol. The van der Waals surface area contributed by atoms with Gasteiger partial charge in [-0.05, 0) is 43.3 Å². The third-order valence-electron chi connectivity index (χ3n) is 2.80. The molecule has 100 valence electrons. The molecule has 0 bridgehead atoms. The van der Waals surface area contributed by atoms with Crippen molar-refractivity contribution in [1.82, 2.24) is 4.98 Å². The van der Waals surface area contributed by atoms with Gasteiger partial charge in [-0.3, -0.25) is 0 Å². The van der Waals surface area contributed by atoms with Crippen LogP contribution in [0.4, 0.5) is 24.7 Å². The minimum absolute atomic E-state index is 0.651. The summed E-state index contributed by atoms with van der Waals surface area (Å²) in [6.07, 6.45) is -4.31. The van der Waals surface area contributed by atoms with Gasteiger partial charge >= 0.3 is 6.18 Å². The number of benzene rings is 1. The van der Waals surface area contributed by atoms with Crippen molar-refractivity contribution in [2.24, 2.45) is 0 Å². The first-order valence-corrected chi connectivity index (χ1v) is 5.72. The van der Waals surface area contributed by atoms with Crippen molar-refractivity contribution in [2.75, 3.05) is 11.9 Å². The molecule has 0 spiro atoms. The molecule has 2 rings (SSSR count). The zero-order valence-corrected chi connectivity index (χ0v) is 10.6. The molecule has 0 atom stereocenters. The first-order chi connectivity index (χ1) is 8.88. The Morgan fingerprint density at radius 2 is 1.63 bits per heavy atom. The molecule has 1 heterocycles. The van der Waals surface area contributed by atoms with E-state index in [1.54, 1.807) is 11.9 Å². The molecule has 0 aliphatic heterocycles. The molecular weight excluding hydrogens is 253 g/mol. The van der Waals surface area contributed by atoms with Gasteiger partial charge in [-0.15, -0.1) is 0 Å². The number of pyridine rings is 1. The minimum Gasteiger partial charge on any atom is -0.329 e. The van der Waals surface area contributed by atoms with E-state index in [0.717, 1.165) is 17.8 Å². The largest absolute Gasteiger partial charge is 0.416 e. The van der Waals surface area contributed by atoms with Crippen LogP contribution >= 0.6 is 0 Å². The SMILES string of the molecule is Cc1cccc(N(C)c2ccc(C(F)(F)F)cc2)n1. The van der Waals surface area contributed by atoms with Crippen molar-refractivity contribution in [3.05, 3.63) is 53.7 Å². The molecule has 2 nitrogen and oxygen atoms in total. The molecule has 0 saturated heterocycles. The second-order valence-corrected chi connectivity index (χ2v) is 4.24. The summed E-state index contributed by atoms with van der Waals surface area (Å²) in [6, 6.07) is 10.6. The van der Waals surface area contributed by atoms with Crippen molar-refractivity contribution in [3.8, 4) is 0 Å². The quantitative estimate of drug-likeness (QED) is 0.810. The summed E-state index contributed by atoms with van der Waals surface area (Å²) in [5.74, 6) is 0.694. The van der Waals surface area contributed by atoms with Crippen LogP contribution in [-0.4, -0.2) is 12.0 Å². The monoisotopic (exact) mass is 266 g/mol. The topological polar surface area (TPSA) is 16.1 Å². The zero-order chi connectivity index (χ0) is 14.0. The Hall–Kier alpha value is -2.04. The van der Waals surface area contributed by atoms with E-state index in [-0.39, 0.29) is 0 Å². The van der Waals surface area contributed by atoms with E-state index in [1.165, 1.54) is 12.1 Å². The fourth-order valence-electron chi connectivity index (χ4n) is 1.72. The Bertz CT molecular complexity index is 562. The van der Waals surface area contributed by atoms with E-state index in [4.69, 9.17) is 0 Å². The first-order valence-electron chi connectivity index (χ1n) is 5.72. The molecule has 0 aliphatic carbocycles. The van der Waals surface area contributed by atoms with Gasteiger partial charge in [0.25, 0.3) is 0 Å². The number of aryl methyl sites for hydroxylation is 1. The fourth-order valence-corrected chi connectivity index (χ4v) is 1.72. The molecule has 0 amide bonds. The highest BCUT2D eigenvalue weighted by Crippen LogP contribution is 2.31. The summed E-state index contributed by atoms with van der Waals surface area (Å²) in [5.41, 5.74) is 0.865. The molecule has 19 heavy (non-hydrogen) atoms. The van der Waals surface area contributed by atoms with Crippen LogP contribution < -0.4 is 4.90 Å². The summed E-state index contributed by atoms with van der Waals surface area (Å²) >= 11 is 0. The van der Waals surface area contributed by atoms with Crippen molar-refractivity contribution in [1.29, 1.82) is 0 Å². The molecule has 0 aliphatic rings. The molecule has 0 saturated carbocycles. The van der Waals surface area contributed by atoms with E-state index >= 15 is 0 Å². The number of anilines is 2. The van der Waals surface area contributed by atoms with Gasteiger partial charge in [-0.1, -0.05) is 6.07 Å². The number of halogens is 3. The predicted octanol–water partition coefficient (Wildman–Crippen LogP) is 4.18. The maximum atomic E-state index is 12.5. The highest BCUT2D eigenvalue weighted by Gasteiger charge is 2.30. The Labute approximate surface area is 109 Å². The molecule has 2 aromatic rings.